The van der Waals surface area contributed by atoms with Crippen LogP contribution in [0, 0.1) is 6.92 Å². The Labute approximate surface area is 86.1 Å². The molecular weight excluding hydrogens is 232 g/mol. The third kappa shape index (κ3) is 1.47. The lowest BCUT2D eigenvalue weighted by Crippen LogP contribution is -2.03. The van der Waals surface area contributed by atoms with E-state index >= 15 is 0 Å². The summed E-state index contributed by atoms with van der Waals surface area (Å²) in [6.45, 7) is 2.23. The fraction of sp³-hybridized carbons (Fsp3) is 0.600. The summed E-state index contributed by atoms with van der Waals surface area (Å²) in [6, 6.07) is 2.23. The van der Waals surface area contributed by atoms with Gasteiger partial charge in [-0.15, -0.1) is 11.3 Å². The number of alkyl halides is 1. The van der Waals surface area contributed by atoms with E-state index in [1.807, 2.05) is 11.3 Å². The summed E-state index contributed by atoms with van der Waals surface area (Å²) in [7, 11) is 0. The lowest BCUT2D eigenvalue weighted by atomic mass is 10.0. The van der Waals surface area contributed by atoms with Crippen molar-refractivity contribution in [2.45, 2.75) is 36.9 Å². The predicted octanol–water partition coefficient (Wildman–Crippen LogP) is 4.09. The first-order valence-electron chi connectivity index (χ1n) is 4.47. The van der Waals surface area contributed by atoms with Crippen molar-refractivity contribution < 1.29 is 0 Å². The van der Waals surface area contributed by atoms with Gasteiger partial charge in [0.05, 0.1) is 0 Å². The highest BCUT2D eigenvalue weighted by molar-refractivity contribution is 9.09. The van der Waals surface area contributed by atoms with Crippen molar-refractivity contribution in [3.8, 4) is 0 Å². The van der Waals surface area contributed by atoms with E-state index in [9.17, 15) is 0 Å². The molecule has 0 spiro atoms. The summed E-state index contributed by atoms with van der Waals surface area (Å²) in [5.41, 5.74) is 1.48. The second-order valence-corrected chi connectivity index (χ2v) is 5.65. The van der Waals surface area contributed by atoms with Gasteiger partial charge in [-0.05, 0) is 36.8 Å². The van der Waals surface area contributed by atoms with Crippen LogP contribution in [0.2, 0.25) is 0 Å². The maximum atomic E-state index is 3.77. The Balaban J connectivity index is 2.24. The molecule has 66 valence electrons. The van der Waals surface area contributed by atoms with Crippen LogP contribution < -0.4 is 0 Å². The largest absolute Gasteiger partial charge is 0.148 e. The van der Waals surface area contributed by atoms with E-state index in [1.165, 1.54) is 24.8 Å². The molecule has 0 nitrogen and oxygen atoms in total. The normalized spacial score (nSPS) is 29.5. The van der Waals surface area contributed by atoms with Crippen molar-refractivity contribution in [2.75, 3.05) is 0 Å². The van der Waals surface area contributed by atoms with Crippen LogP contribution in [0.15, 0.2) is 11.4 Å². The monoisotopic (exact) mass is 244 g/mol. The second kappa shape index (κ2) is 3.51. The van der Waals surface area contributed by atoms with Crippen LogP contribution >= 0.6 is 27.3 Å². The lowest BCUT2D eigenvalue weighted by Gasteiger charge is -2.12. The van der Waals surface area contributed by atoms with Crippen LogP contribution in [0.25, 0.3) is 0 Å². The van der Waals surface area contributed by atoms with Gasteiger partial charge >= 0.3 is 0 Å². The second-order valence-electron chi connectivity index (χ2n) is 3.52. The minimum Gasteiger partial charge on any atom is -0.148 e. The Morgan fingerprint density at radius 2 is 2.33 bits per heavy atom. The van der Waals surface area contributed by atoms with Gasteiger partial charge in [0.1, 0.15) is 0 Å². The van der Waals surface area contributed by atoms with Crippen molar-refractivity contribution in [1.82, 2.24) is 0 Å². The lowest BCUT2D eigenvalue weighted by molar-refractivity contribution is 0.753. The van der Waals surface area contributed by atoms with Crippen LogP contribution in [0.4, 0.5) is 0 Å². The topological polar surface area (TPSA) is 0 Å². The Kier molecular flexibility index (Phi) is 2.56. The fourth-order valence-corrected chi connectivity index (χ4v) is 4.13. The molecule has 2 atom stereocenters. The number of rotatable bonds is 1. The molecule has 2 heteroatoms. The Hall–Kier alpha value is 0.180. The summed E-state index contributed by atoms with van der Waals surface area (Å²) in [4.78, 5) is 2.34. The highest BCUT2D eigenvalue weighted by atomic mass is 79.9. The number of hydrogen-bond acceptors (Lipinski definition) is 1. The number of halogens is 1. The first-order valence-corrected chi connectivity index (χ1v) is 6.26. The SMILES string of the molecule is Cc1ccsc1C1CCCC1Br. The maximum absolute atomic E-state index is 3.77. The van der Waals surface area contributed by atoms with Gasteiger partial charge in [0, 0.05) is 15.6 Å². The molecule has 12 heavy (non-hydrogen) atoms. The van der Waals surface area contributed by atoms with Gasteiger partial charge in [0.15, 0.2) is 0 Å². The van der Waals surface area contributed by atoms with E-state index in [0.29, 0.717) is 0 Å². The number of thiophene rings is 1. The van der Waals surface area contributed by atoms with Gasteiger partial charge in [-0.1, -0.05) is 22.4 Å². The van der Waals surface area contributed by atoms with Crippen LogP contribution in [-0.4, -0.2) is 4.83 Å². The molecule has 0 bridgehead atoms. The zero-order valence-corrected chi connectivity index (χ0v) is 9.62. The zero-order valence-electron chi connectivity index (χ0n) is 7.22. The first kappa shape index (κ1) is 8.76. The average Bonchev–Trinajstić information content (AvgIpc) is 2.59. The molecular formula is C10H13BrS. The highest BCUT2D eigenvalue weighted by Gasteiger charge is 2.27. The summed E-state index contributed by atoms with van der Waals surface area (Å²) in [6.07, 6.45) is 4.11. The Morgan fingerprint density at radius 3 is 2.83 bits per heavy atom. The van der Waals surface area contributed by atoms with Crippen molar-refractivity contribution >= 4 is 27.3 Å². The van der Waals surface area contributed by atoms with E-state index in [2.05, 4.69) is 34.3 Å². The molecule has 0 amide bonds. The van der Waals surface area contributed by atoms with Crippen molar-refractivity contribution in [1.29, 1.82) is 0 Å². The maximum Gasteiger partial charge on any atom is 0.0222 e. The van der Waals surface area contributed by atoms with Gasteiger partial charge in [-0.25, -0.2) is 0 Å². The van der Waals surface area contributed by atoms with Gasteiger partial charge in [0.2, 0.25) is 0 Å². The van der Waals surface area contributed by atoms with Gasteiger partial charge in [0.25, 0.3) is 0 Å². The van der Waals surface area contributed by atoms with E-state index in [1.54, 1.807) is 4.88 Å². The van der Waals surface area contributed by atoms with E-state index < -0.39 is 0 Å². The summed E-state index contributed by atoms with van der Waals surface area (Å²) >= 11 is 5.69. The molecule has 0 aromatic carbocycles. The average molecular weight is 245 g/mol. The van der Waals surface area contributed by atoms with Crippen LogP contribution in [0.3, 0.4) is 0 Å². The number of hydrogen-bond donors (Lipinski definition) is 0. The molecule has 1 saturated carbocycles. The molecule has 1 aliphatic rings. The van der Waals surface area contributed by atoms with Gasteiger partial charge in [-0.2, -0.15) is 0 Å². The van der Waals surface area contributed by atoms with E-state index in [0.717, 1.165) is 10.7 Å². The van der Waals surface area contributed by atoms with E-state index in [-0.39, 0.29) is 0 Å². The highest BCUT2D eigenvalue weighted by Crippen LogP contribution is 2.42. The molecule has 0 radical (unpaired) electrons. The van der Waals surface area contributed by atoms with E-state index in [4.69, 9.17) is 0 Å². The molecule has 1 fully saturated rings. The smallest absolute Gasteiger partial charge is 0.0222 e. The molecule has 2 unspecified atom stereocenters. The molecule has 0 saturated heterocycles. The van der Waals surface area contributed by atoms with Crippen molar-refractivity contribution in [3.63, 3.8) is 0 Å². The summed E-state index contributed by atoms with van der Waals surface area (Å²) in [5, 5.41) is 2.21. The Bertz CT molecular complexity index is 267. The molecule has 0 aliphatic heterocycles. The quantitative estimate of drug-likeness (QED) is 0.654. The molecule has 1 aromatic heterocycles. The first-order chi connectivity index (χ1) is 5.79. The van der Waals surface area contributed by atoms with Gasteiger partial charge in [-0.3, -0.25) is 0 Å². The fourth-order valence-electron chi connectivity index (χ4n) is 1.97. The van der Waals surface area contributed by atoms with Crippen LogP contribution in [0.5, 0.6) is 0 Å². The Morgan fingerprint density at radius 1 is 1.50 bits per heavy atom. The predicted molar refractivity (Wildman–Crippen MR) is 58.4 cm³/mol. The zero-order chi connectivity index (χ0) is 8.55. The third-order valence-electron chi connectivity index (χ3n) is 2.67. The summed E-state index contributed by atoms with van der Waals surface area (Å²) < 4.78 is 0. The summed E-state index contributed by atoms with van der Waals surface area (Å²) in [5.74, 6) is 0.796. The number of aryl methyl sites for hydroxylation is 1. The third-order valence-corrected chi connectivity index (χ3v) is 4.92. The molecule has 1 aromatic rings. The molecule has 0 N–H and O–H groups in total. The molecule has 1 heterocycles. The van der Waals surface area contributed by atoms with Crippen LogP contribution in [-0.2, 0) is 0 Å². The minimum absolute atomic E-state index is 0.731. The molecule has 1 aliphatic carbocycles. The van der Waals surface area contributed by atoms with Crippen molar-refractivity contribution in [2.24, 2.45) is 0 Å². The van der Waals surface area contributed by atoms with Gasteiger partial charge < -0.3 is 0 Å². The standard InChI is InChI=1S/C10H13BrS/c1-7-5-6-12-10(7)8-3-2-4-9(8)11/h5-6,8-9H,2-4H2,1H3. The minimum atomic E-state index is 0.731. The van der Waals surface area contributed by atoms with Crippen LogP contribution in [0.1, 0.15) is 35.6 Å². The molecule has 2 rings (SSSR count). The van der Waals surface area contributed by atoms with Crippen molar-refractivity contribution in [3.05, 3.63) is 21.9 Å².